The Labute approximate surface area is 113 Å². The summed E-state index contributed by atoms with van der Waals surface area (Å²) in [4.78, 5) is 11.8. The van der Waals surface area contributed by atoms with Gasteiger partial charge in [0.25, 0.3) is 0 Å². The van der Waals surface area contributed by atoms with Gasteiger partial charge in [-0.2, -0.15) is 0 Å². The topological polar surface area (TPSA) is 55.1 Å². The molecule has 1 amide bonds. The van der Waals surface area contributed by atoms with Crippen molar-refractivity contribution in [2.24, 2.45) is 11.7 Å². The maximum absolute atomic E-state index is 13.4. The molecular weight excluding hydrogens is 243 g/mol. The van der Waals surface area contributed by atoms with E-state index in [2.05, 4.69) is 5.32 Å². The largest absolute Gasteiger partial charge is 0.352 e. The summed E-state index contributed by atoms with van der Waals surface area (Å²) in [6, 6.07) is 5.18. The molecule has 0 spiro atoms. The van der Waals surface area contributed by atoms with Gasteiger partial charge in [-0.3, -0.25) is 4.79 Å². The highest BCUT2D eigenvalue weighted by molar-refractivity contribution is 5.76. The van der Waals surface area contributed by atoms with Gasteiger partial charge in [-0.05, 0) is 42.9 Å². The van der Waals surface area contributed by atoms with E-state index in [1.165, 1.54) is 6.07 Å². The van der Waals surface area contributed by atoms with E-state index in [1.807, 2.05) is 6.07 Å². The Morgan fingerprint density at radius 1 is 1.47 bits per heavy atom. The number of aryl methyl sites for hydroxylation is 1. The summed E-state index contributed by atoms with van der Waals surface area (Å²) in [6.07, 6.45) is 3.65. The predicted octanol–water partition coefficient (Wildman–Crippen LogP) is 2.27. The minimum atomic E-state index is -0.232. The Bertz CT molecular complexity index is 461. The zero-order valence-electron chi connectivity index (χ0n) is 11.3. The Morgan fingerprint density at radius 3 is 2.89 bits per heavy atom. The van der Waals surface area contributed by atoms with Gasteiger partial charge < -0.3 is 11.1 Å². The lowest BCUT2D eigenvalue weighted by atomic mass is 10.00. The van der Waals surface area contributed by atoms with Crippen LogP contribution < -0.4 is 11.1 Å². The highest BCUT2D eigenvalue weighted by Gasteiger charge is 2.25. The van der Waals surface area contributed by atoms with Crippen LogP contribution >= 0.6 is 0 Å². The fraction of sp³-hybridized carbons (Fsp3) is 0.533. The molecule has 0 saturated heterocycles. The SMILES string of the molecule is Cc1ccc(CNC(=O)C[C@@H]2CCC[C@H]2N)cc1F. The second-order valence-corrected chi connectivity index (χ2v) is 5.42. The fourth-order valence-corrected chi connectivity index (χ4v) is 2.58. The number of carbonyl (C=O) groups excluding carboxylic acids is 1. The van der Waals surface area contributed by atoms with Gasteiger partial charge in [0.15, 0.2) is 0 Å². The molecule has 0 heterocycles. The second-order valence-electron chi connectivity index (χ2n) is 5.42. The summed E-state index contributed by atoms with van der Waals surface area (Å²) < 4.78 is 13.4. The third kappa shape index (κ3) is 3.77. The Kier molecular flexibility index (Phi) is 4.53. The molecule has 0 aliphatic heterocycles. The first-order chi connectivity index (χ1) is 9.06. The van der Waals surface area contributed by atoms with Crippen molar-refractivity contribution in [2.75, 3.05) is 0 Å². The number of hydrogen-bond acceptors (Lipinski definition) is 2. The monoisotopic (exact) mass is 264 g/mol. The molecule has 19 heavy (non-hydrogen) atoms. The van der Waals surface area contributed by atoms with Gasteiger partial charge in [0, 0.05) is 19.0 Å². The van der Waals surface area contributed by atoms with E-state index in [4.69, 9.17) is 5.73 Å². The number of benzene rings is 1. The van der Waals surface area contributed by atoms with Crippen LogP contribution in [0.1, 0.15) is 36.8 Å². The average molecular weight is 264 g/mol. The van der Waals surface area contributed by atoms with Crippen molar-refractivity contribution in [3.63, 3.8) is 0 Å². The van der Waals surface area contributed by atoms with Crippen LogP contribution in [0, 0.1) is 18.7 Å². The molecular formula is C15H21FN2O. The summed E-state index contributed by atoms with van der Waals surface area (Å²) in [6.45, 7) is 2.09. The highest BCUT2D eigenvalue weighted by atomic mass is 19.1. The lowest BCUT2D eigenvalue weighted by Gasteiger charge is -2.14. The molecule has 0 unspecified atom stereocenters. The molecule has 3 N–H and O–H groups in total. The molecule has 3 nitrogen and oxygen atoms in total. The highest BCUT2D eigenvalue weighted by Crippen LogP contribution is 2.26. The normalized spacial score (nSPS) is 22.5. The molecule has 1 fully saturated rings. The van der Waals surface area contributed by atoms with Crippen molar-refractivity contribution in [2.45, 2.75) is 45.2 Å². The van der Waals surface area contributed by atoms with Gasteiger partial charge in [0.1, 0.15) is 5.82 Å². The number of amides is 1. The molecule has 0 radical (unpaired) electrons. The molecule has 104 valence electrons. The smallest absolute Gasteiger partial charge is 0.220 e. The Morgan fingerprint density at radius 2 is 2.26 bits per heavy atom. The Balaban J connectivity index is 1.81. The first-order valence-electron chi connectivity index (χ1n) is 6.83. The van der Waals surface area contributed by atoms with Crippen LogP contribution in [0.4, 0.5) is 4.39 Å². The third-order valence-corrected chi connectivity index (χ3v) is 3.89. The van der Waals surface area contributed by atoms with E-state index >= 15 is 0 Å². The van der Waals surface area contributed by atoms with Crippen molar-refractivity contribution >= 4 is 5.91 Å². The van der Waals surface area contributed by atoms with E-state index in [0.717, 1.165) is 24.8 Å². The van der Waals surface area contributed by atoms with E-state index in [-0.39, 0.29) is 17.8 Å². The number of nitrogens with one attached hydrogen (secondary N) is 1. The Hall–Kier alpha value is -1.42. The molecule has 1 aliphatic carbocycles. The van der Waals surface area contributed by atoms with E-state index in [9.17, 15) is 9.18 Å². The van der Waals surface area contributed by atoms with Gasteiger partial charge in [-0.25, -0.2) is 4.39 Å². The summed E-state index contributed by atoms with van der Waals surface area (Å²) in [5, 5.41) is 2.83. The van der Waals surface area contributed by atoms with Crippen LogP contribution in [0.5, 0.6) is 0 Å². The lowest BCUT2D eigenvalue weighted by molar-refractivity contribution is -0.122. The van der Waals surface area contributed by atoms with Crippen molar-refractivity contribution < 1.29 is 9.18 Å². The molecule has 2 atom stereocenters. The van der Waals surface area contributed by atoms with Crippen molar-refractivity contribution in [3.8, 4) is 0 Å². The number of hydrogen-bond donors (Lipinski definition) is 2. The van der Waals surface area contributed by atoms with Crippen LogP contribution in [0.25, 0.3) is 0 Å². The second kappa shape index (κ2) is 6.15. The van der Waals surface area contributed by atoms with Crippen LogP contribution in [-0.2, 0) is 11.3 Å². The van der Waals surface area contributed by atoms with Crippen molar-refractivity contribution in [1.82, 2.24) is 5.32 Å². The van der Waals surface area contributed by atoms with Crippen molar-refractivity contribution in [1.29, 1.82) is 0 Å². The summed E-state index contributed by atoms with van der Waals surface area (Å²) in [7, 11) is 0. The quantitative estimate of drug-likeness (QED) is 0.876. The first-order valence-corrected chi connectivity index (χ1v) is 6.83. The average Bonchev–Trinajstić information content (AvgIpc) is 2.77. The molecule has 4 heteroatoms. The summed E-state index contributed by atoms with van der Waals surface area (Å²) in [5.74, 6) is 0.0719. The molecule has 0 aromatic heterocycles. The number of rotatable bonds is 4. The summed E-state index contributed by atoms with van der Waals surface area (Å²) >= 11 is 0. The predicted molar refractivity (Wildman–Crippen MR) is 72.9 cm³/mol. The fourth-order valence-electron chi connectivity index (χ4n) is 2.58. The maximum atomic E-state index is 13.4. The van der Waals surface area contributed by atoms with Crippen molar-refractivity contribution in [3.05, 3.63) is 35.1 Å². The van der Waals surface area contributed by atoms with Gasteiger partial charge in [0.2, 0.25) is 5.91 Å². The van der Waals surface area contributed by atoms with E-state index < -0.39 is 0 Å². The zero-order valence-corrected chi connectivity index (χ0v) is 11.3. The molecule has 2 rings (SSSR count). The van der Waals surface area contributed by atoms with Crippen LogP contribution in [0.3, 0.4) is 0 Å². The number of nitrogens with two attached hydrogens (primary N) is 1. The molecule has 1 aliphatic rings. The van der Waals surface area contributed by atoms with E-state index in [1.54, 1.807) is 13.0 Å². The first kappa shape index (κ1) is 14.0. The standard InChI is InChI=1S/C15H21FN2O/c1-10-5-6-11(7-13(10)16)9-18-15(19)8-12-3-2-4-14(12)17/h5-7,12,14H,2-4,8-9,17H2,1H3,(H,18,19)/t12-,14+/m0/s1. The van der Waals surface area contributed by atoms with Gasteiger partial charge in [0.05, 0.1) is 0 Å². The number of carbonyl (C=O) groups is 1. The van der Waals surface area contributed by atoms with Gasteiger partial charge in [-0.1, -0.05) is 18.6 Å². The van der Waals surface area contributed by atoms with Gasteiger partial charge in [-0.15, -0.1) is 0 Å². The van der Waals surface area contributed by atoms with Crippen LogP contribution in [0.15, 0.2) is 18.2 Å². The zero-order chi connectivity index (χ0) is 13.8. The minimum Gasteiger partial charge on any atom is -0.352 e. The number of halogens is 1. The van der Waals surface area contributed by atoms with Crippen LogP contribution in [-0.4, -0.2) is 11.9 Å². The van der Waals surface area contributed by atoms with Gasteiger partial charge >= 0.3 is 0 Å². The molecule has 1 saturated carbocycles. The van der Waals surface area contributed by atoms with Crippen LogP contribution in [0.2, 0.25) is 0 Å². The lowest BCUT2D eigenvalue weighted by Crippen LogP contribution is -2.31. The van der Waals surface area contributed by atoms with E-state index in [0.29, 0.717) is 24.4 Å². The molecule has 0 bridgehead atoms. The maximum Gasteiger partial charge on any atom is 0.220 e. The minimum absolute atomic E-state index is 0.00309. The molecule has 1 aromatic rings. The summed E-state index contributed by atoms with van der Waals surface area (Å²) in [5.41, 5.74) is 7.34. The molecule has 1 aromatic carbocycles. The third-order valence-electron chi connectivity index (χ3n) is 3.89.